The summed E-state index contributed by atoms with van der Waals surface area (Å²) >= 11 is 0. The molecule has 190 valence electrons. The molecule has 0 unspecified atom stereocenters. The van der Waals surface area contributed by atoms with E-state index in [0.717, 1.165) is 19.3 Å². The molecule has 0 bridgehead atoms. The molecule has 2 N–H and O–H groups in total. The fraction of sp³-hybridized carbons (Fsp3) is 0.958. The number of carboxylic acids is 1. The van der Waals surface area contributed by atoms with Crippen molar-refractivity contribution in [2.24, 2.45) is 46.3 Å². The van der Waals surface area contributed by atoms with Crippen LogP contribution in [0.25, 0.3) is 0 Å². The van der Waals surface area contributed by atoms with E-state index in [9.17, 15) is 33.1 Å². The third-order valence-corrected chi connectivity index (χ3v) is 11.0. The number of fused-ring (bicyclic) bond motifs is 5. The van der Waals surface area contributed by atoms with Gasteiger partial charge in [-0.05, 0) is 97.7 Å². The van der Waals surface area contributed by atoms with Crippen molar-refractivity contribution in [3.63, 3.8) is 0 Å². The van der Waals surface area contributed by atoms with Crippen molar-refractivity contribution < 1.29 is 96.4 Å². The molecule has 4 rings (SSSR count). The van der Waals surface area contributed by atoms with Gasteiger partial charge in [-0.1, -0.05) is 27.2 Å². The summed E-state index contributed by atoms with van der Waals surface area (Å²) in [5, 5.41) is 35.2. The van der Waals surface area contributed by atoms with E-state index in [1.54, 1.807) is 0 Å². The Labute approximate surface area is 253 Å². The first-order valence-electron chi connectivity index (χ1n) is 12.5. The summed E-state index contributed by atoms with van der Waals surface area (Å²) in [6.07, 6.45) is 2.87. The molecular formula is C24H38Na2O8S. The molecule has 0 amide bonds. The van der Waals surface area contributed by atoms with Crippen LogP contribution in [0.5, 0.6) is 0 Å². The Bertz CT molecular complexity index is 872. The molecule has 4 fully saturated rings. The van der Waals surface area contributed by atoms with Crippen LogP contribution < -0.4 is 69.3 Å². The second-order valence-electron chi connectivity index (χ2n) is 11.9. The first kappa shape index (κ1) is 32.5. The van der Waals surface area contributed by atoms with Gasteiger partial charge in [0, 0.05) is 5.97 Å². The fourth-order valence-corrected chi connectivity index (χ4v) is 9.40. The number of aliphatic hydroxyl groups excluding tert-OH is 1. The minimum atomic E-state index is -4.67. The van der Waals surface area contributed by atoms with Crippen LogP contribution in [0.1, 0.15) is 78.6 Å². The molecule has 0 aromatic heterocycles. The van der Waals surface area contributed by atoms with Gasteiger partial charge in [-0.3, -0.25) is 4.55 Å². The van der Waals surface area contributed by atoms with Crippen molar-refractivity contribution in [3.05, 3.63) is 0 Å². The van der Waals surface area contributed by atoms with E-state index in [1.165, 1.54) is 0 Å². The van der Waals surface area contributed by atoms with Gasteiger partial charge in [-0.15, -0.1) is 6.10 Å². The van der Waals surface area contributed by atoms with Crippen molar-refractivity contribution in [1.82, 2.24) is 0 Å². The van der Waals surface area contributed by atoms with Gasteiger partial charge in [0.25, 0.3) is 0 Å². The maximum Gasteiger partial charge on any atom is 1.00 e. The molecule has 4 aliphatic rings. The van der Waals surface area contributed by atoms with Crippen molar-refractivity contribution in [2.45, 2.75) is 96.9 Å². The number of aliphatic carboxylic acids is 1. The summed E-state index contributed by atoms with van der Waals surface area (Å²) in [6.45, 7) is 6.21. The van der Waals surface area contributed by atoms with Crippen LogP contribution in [0.15, 0.2) is 0 Å². The maximum atomic E-state index is 13.9. The first-order chi connectivity index (χ1) is 15.3. The molecule has 0 aliphatic heterocycles. The van der Waals surface area contributed by atoms with E-state index < -0.39 is 40.1 Å². The number of carboxylic acid groups (broad SMARTS) is 1. The second-order valence-corrected chi connectivity index (χ2v) is 12.9. The number of hydrogen-bond acceptors (Lipinski definition) is 7. The Morgan fingerprint density at radius 1 is 1.11 bits per heavy atom. The first-order valence-corrected chi connectivity index (χ1v) is 13.8. The largest absolute Gasteiger partial charge is 1.00 e. The predicted molar refractivity (Wildman–Crippen MR) is 116 cm³/mol. The number of carbonyl (C=O) groups excluding carboxylic acids is 1. The Hall–Kier alpha value is 1.26. The monoisotopic (exact) mass is 532 g/mol. The zero-order valence-corrected chi connectivity index (χ0v) is 26.6. The summed E-state index contributed by atoms with van der Waals surface area (Å²) in [4.78, 5) is 11.0. The normalized spacial score (nSPS) is 45.7. The molecule has 8 nitrogen and oxygen atoms in total. The third-order valence-electron chi connectivity index (χ3n) is 10.5. The van der Waals surface area contributed by atoms with E-state index >= 15 is 0 Å². The summed E-state index contributed by atoms with van der Waals surface area (Å²) in [5.41, 5.74) is -0.767. The van der Waals surface area contributed by atoms with Crippen LogP contribution in [-0.4, -0.2) is 42.4 Å². The van der Waals surface area contributed by atoms with Gasteiger partial charge in [0.15, 0.2) is 0 Å². The van der Waals surface area contributed by atoms with E-state index in [4.69, 9.17) is 4.18 Å². The Kier molecular flexibility index (Phi) is 10.9. The molecule has 0 heterocycles. The molecule has 0 saturated heterocycles. The van der Waals surface area contributed by atoms with E-state index in [2.05, 4.69) is 6.92 Å². The number of rotatable bonds is 6. The average Bonchev–Trinajstić information content (AvgIpc) is 3.05. The van der Waals surface area contributed by atoms with Gasteiger partial charge < -0.3 is 20.1 Å². The number of carbonyl (C=O) groups is 1. The molecule has 0 aromatic carbocycles. The Morgan fingerprint density at radius 3 is 2.37 bits per heavy atom. The van der Waals surface area contributed by atoms with Gasteiger partial charge in [0.05, 0.1) is 12.2 Å². The van der Waals surface area contributed by atoms with Gasteiger partial charge in [0.2, 0.25) is 0 Å². The van der Waals surface area contributed by atoms with Crippen molar-refractivity contribution >= 4 is 16.4 Å². The Morgan fingerprint density at radius 2 is 1.77 bits per heavy atom. The minimum absolute atomic E-state index is 0. The molecule has 0 radical (unpaired) electrons. The van der Waals surface area contributed by atoms with E-state index in [-0.39, 0.29) is 106 Å². The van der Waals surface area contributed by atoms with Crippen LogP contribution in [0.2, 0.25) is 0 Å². The number of hydrogen-bond donors (Lipinski definition) is 2. The fourth-order valence-electron chi connectivity index (χ4n) is 8.88. The topological polar surface area (TPSA) is 147 Å². The van der Waals surface area contributed by atoms with Crippen molar-refractivity contribution in [2.75, 3.05) is 0 Å². The SMILES string of the molecule is C[C@H](CCC(=O)[O-])[C@H]1CC[C@H]2[C@@H]3[C@H](OS(=O)(=O)O)C[C@@H]4C[C@H](O)CC[C@]4(C)[C@H]3C[C@H]([O-])[C@]12C.[Na+].[Na+]. The van der Waals surface area contributed by atoms with Crippen molar-refractivity contribution in [1.29, 1.82) is 0 Å². The summed E-state index contributed by atoms with van der Waals surface area (Å²) in [6, 6.07) is 0. The second kappa shape index (κ2) is 11.8. The zero-order valence-electron chi connectivity index (χ0n) is 21.8. The maximum absolute atomic E-state index is 13.9. The van der Waals surface area contributed by atoms with Gasteiger partial charge >= 0.3 is 69.5 Å². The van der Waals surface area contributed by atoms with Crippen molar-refractivity contribution in [3.8, 4) is 0 Å². The summed E-state index contributed by atoms with van der Waals surface area (Å²) in [7, 11) is -4.67. The van der Waals surface area contributed by atoms with Crippen LogP contribution in [0, 0.1) is 46.3 Å². The Balaban J connectivity index is 0.00000216. The average molecular weight is 533 g/mol. The van der Waals surface area contributed by atoms with Crippen LogP contribution in [0.4, 0.5) is 0 Å². The summed E-state index contributed by atoms with van der Waals surface area (Å²) < 4.78 is 38.5. The standard InChI is InChI=1S/C24H39O8S.2Na/c1-13(4-7-21(27)28)16-5-6-17-22-18(12-20(26)24(16,17)3)23(2)9-8-15(25)10-14(23)11-19(22)32-33(29,30)31;;/h13-20,22,25H,4-12H2,1-3H3,(H,27,28)(H,29,30,31);;/q-1;2*+1/p-1/t13-,14+,15-,16-,17+,18+,19-,20+,22+,23+,24-;;/m1../s1. The van der Waals surface area contributed by atoms with Gasteiger partial charge in [-0.2, -0.15) is 8.42 Å². The predicted octanol–water partition coefficient (Wildman–Crippen LogP) is -4.68. The molecule has 11 heteroatoms. The zero-order chi connectivity index (χ0) is 24.3. The third kappa shape index (κ3) is 6.06. The molecule has 4 saturated carbocycles. The molecular weight excluding hydrogens is 494 g/mol. The van der Waals surface area contributed by atoms with Gasteiger partial charge in [0.1, 0.15) is 0 Å². The number of aliphatic hydroxyl groups is 1. The smallest absolute Gasteiger partial charge is 0.852 e. The van der Waals surface area contributed by atoms with Gasteiger partial charge in [-0.25, -0.2) is 4.18 Å². The molecule has 11 atom stereocenters. The molecule has 35 heavy (non-hydrogen) atoms. The quantitative estimate of drug-likeness (QED) is 0.256. The van der Waals surface area contributed by atoms with E-state index in [0.29, 0.717) is 32.1 Å². The van der Waals surface area contributed by atoms with Crippen LogP contribution in [-0.2, 0) is 19.4 Å². The minimum Gasteiger partial charge on any atom is -0.852 e. The molecule has 4 aliphatic carbocycles. The van der Waals surface area contributed by atoms with Crippen LogP contribution >= 0.6 is 0 Å². The van der Waals surface area contributed by atoms with E-state index in [1.807, 2.05) is 13.8 Å². The summed E-state index contributed by atoms with van der Waals surface area (Å²) in [5.74, 6) is -1.21. The molecule has 0 spiro atoms. The molecule has 0 aromatic rings. The van der Waals surface area contributed by atoms with Crippen LogP contribution in [0.3, 0.4) is 0 Å².